The Morgan fingerprint density at radius 3 is 2.15 bits per heavy atom. The van der Waals surface area contributed by atoms with Gasteiger partial charge in [-0.15, -0.1) is 0 Å². The van der Waals surface area contributed by atoms with Gasteiger partial charge in [0.2, 0.25) is 0 Å². The van der Waals surface area contributed by atoms with Crippen LogP contribution in [-0.4, -0.2) is 40.3 Å². The molecule has 3 aromatic rings. The van der Waals surface area contributed by atoms with E-state index in [0.29, 0.717) is 5.46 Å². The van der Waals surface area contributed by atoms with Crippen LogP contribution >= 0.6 is 0 Å². The fourth-order valence-corrected chi connectivity index (χ4v) is 5.36. The van der Waals surface area contributed by atoms with E-state index >= 15 is 0 Å². The average molecular weight is 454 g/mol. The van der Waals surface area contributed by atoms with Crippen LogP contribution in [-0.2, 0) is 20.5 Å². The Bertz CT molecular complexity index is 1410. The van der Waals surface area contributed by atoms with Gasteiger partial charge in [0.15, 0.2) is 17.3 Å². The third-order valence-electron chi connectivity index (χ3n) is 7.09. The molecule has 3 aromatic carbocycles. The van der Waals surface area contributed by atoms with Crippen molar-refractivity contribution in [1.29, 1.82) is 0 Å². The first-order valence-electron chi connectivity index (χ1n) is 11.0. The SMILES string of the molecule is CC(=O)[C@]12Cc3c(O)c4c(c(O)c3[C@H](C1)OB(c1ccccc1)O2)C(=O)c1ccccc1C4=O. The van der Waals surface area contributed by atoms with Crippen molar-refractivity contribution in [3.63, 3.8) is 0 Å². The highest BCUT2D eigenvalue weighted by molar-refractivity contribution is 6.61. The topological polar surface area (TPSA) is 110 Å². The number of phenolic OH excluding ortho intramolecular Hbond substituents is 2. The van der Waals surface area contributed by atoms with Crippen LogP contribution in [0.25, 0.3) is 0 Å². The summed E-state index contributed by atoms with van der Waals surface area (Å²) >= 11 is 0. The highest BCUT2D eigenvalue weighted by Crippen LogP contribution is 2.53. The van der Waals surface area contributed by atoms with Gasteiger partial charge in [-0.2, -0.15) is 0 Å². The molecule has 8 heteroatoms. The fourth-order valence-electron chi connectivity index (χ4n) is 5.36. The molecule has 0 amide bonds. The molecule has 168 valence electrons. The number of Topliss-reactive ketones (excluding diaryl/α,β-unsaturated/α-hetero) is 1. The van der Waals surface area contributed by atoms with Gasteiger partial charge in [-0.3, -0.25) is 14.4 Å². The zero-order chi connectivity index (χ0) is 23.8. The van der Waals surface area contributed by atoms with Crippen LogP contribution < -0.4 is 5.46 Å². The summed E-state index contributed by atoms with van der Waals surface area (Å²) in [5.74, 6) is -2.17. The summed E-state index contributed by atoms with van der Waals surface area (Å²) in [4.78, 5) is 39.4. The van der Waals surface area contributed by atoms with E-state index < -0.39 is 41.9 Å². The normalized spacial score (nSPS) is 22.6. The van der Waals surface area contributed by atoms with Crippen LogP contribution in [0.4, 0.5) is 0 Å². The summed E-state index contributed by atoms with van der Waals surface area (Å²) in [6, 6.07) is 15.4. The second-order valence-electron chi connectivity index (χ2n) is 8.96. The van der Waals surface area contributed by atoms with Crippen LogP contribution in [0.2, 0.25) is 0 Å². The molecule has 3 aliphatic rings. The van der Waals surface area contributed by atoms with E-state index in [2.05, 4.69) is 0 Å². The summed E-state index contributed by atoms with van der Waals surface area (Å²) in [5.41, 5.74) is -0.369. The van der Waals surface area contributed by atoms with E-state index in [0.717, 1.165) is 0 Å². The summed E-state index contributed by atoms with van der Waals surface area (Å²) < 4.78 is 12.3. The van der Waals surface area contributed by atoms with E-state index in [1.807, 2.05) is 30.3 Å². The largest absolute Gasteiger partial charge is 0.507 e. The Morgan fingerprint density at radius 1 is 0.941 bits per heavy atom. The number of rotatable bonds is 2. The number of aromatic hydroxyl groups is 2. The maximum Gasteiger partial charge on any atom is 0.495 e. The summed E-state index contributed by atoms with van der Waals surface area (Å²) in [5, 5.41) is 22.6. The zero-order valence-corrected chi connectivity index (χ0v) is 18.2. The zero-order valence-electron chi connectivity index (χ0n) is 18.2. The molecule has 1 saturated heterocycles. The van der Waals surface area contributed by atoms with Crippen LogP contribution in [0.15, 0.2) is 54.6 Å². The lowest BCUT2D eigenvalue weighted by atomic mass is 9.66. The van der Waals surface area contributed by atoms with Gasteiger partial charge in [0, 0.05) is 35.1 Å². The number of carbonyl (C=O) groups excluding carboxylic acids is 3. The molecule has 0 spiro atoms. The minimum atomic E-state index is -1.31. The lowest BCUT2D eigenvalue weighted by Gasteiger charge is -2.47. The van der Waals surface area contributed by atoms with Gasteiger partial charge in [0.1, 0.15) is 17.1 Å². The highest BCUT2D eigenvalue weighted by Gasteiger charge is 2.55. The molecule has 2 atom stereocenters. The van der Waals surface area contributed by atoms with E-state index in [1.54, 1.807) is 12.1 Å². The predicted molar refractivity (Wildman–Crippen MR) is 122 cm³/mol. The van der Waals surface area contributed by atoms with Crippen molar-refractivity contribution in [3.8, 4) is 11.5 Å². The van der Waals surface area contributed by atoms with E-state index in [9.17, 15) is 24.6 Å². The van der Waals surface area contributed by atoms with Crippen molar-refractivity contribution in [2.24, 2.45) is 0 Å². The van der Waals surface area contributed by atoms with Gasteiger partial charge >= 0.3 is 7.12 Å². The van der Waals surface area contributed by atoms with Crippen molar-refractivity contribution in [2.75, 3.05) is 0 Å². The van der Waals surface area contributed by atoms with E-state index in [-0.39, 0.29) is 52.0 Å². The number of benzene rings is 3. The van der Waals surface area contributed by atoms with Crippen molar-refractivity contribution < 1.29 is 33.9 Å². The third-order valence-corrected chi connectivity index (χ3v) is 7.09. The van der Waals surface area contributed by atoms with Gasteiger partial charge in [-0.1, -0.05) is 54.6 Å². The van der Waals surface area contributed by atoms with Crippen molar-refractivity contribution >= 4 is 29.9 Å². The molecule has 0 aromatic heterocycles. The van der Waals surface area contributed by atoms with Gasteiger partial charge < -0.3 is 19.5 Å². The van der Waals surface area contributed by atoms with Gasteiger partial charge in [-0.25, -0.2) is 0 Å². The lowest BCUT2D eigenvalue weighted by molar-refractivity contribution is -0.144. The van der Waals surface area contributed by atoms with Gasteiger partial charge in [-0.05, 0) is 12.4 Å². The first-order valence-corrected chi connectivity index (χ1v) is 11.0. The molecule has 2 bridgehead atoms. The van der Waals surface area contributed by atoms with Crippen LogP contribution in [0, 0.1) is 0 Å². The van der Waals surface area contributed by atoms with Crippen LogP contribution in [0.3, 0.4) is 0 Å². The third kappa shape index (κ3) is 2.69. The Hall–Kier alpha value is -3.75. The standard InChI is InChI=1S/C26H19BO7/c1-13(28)26-11-17-19(18(12-26)33-27(34-26)14-7-3-2-4-8-14)25(32)21-20(24(17)31)22(29)15-9-5-6-10-16(15)23(21)30/h2-10,18,31-32H,11-12H2,1H3/t18-,26-/m0/s1. The molecule has 0 saturated carbocycles. The fraction of sp³-hybridized carbons (Fsp3) is 0.192. The van der Waals surface area contributed by atoms with E-state index in [4.69, 9.17) is 9.31 Å². The first kappa shape index (κ1) is 20.8. The first-order chi connectivity index (χ1) is 16.3. The lowest BCUT2D eigenvalue weighted by Crippen LogP contribution is -2.58. The maximum atomic E-state index is 13.3. The van der Waals surface area contributed by atoms with Crippen LogP contribution in [0.5, 0.6) is 11.5 Å². The minimum absolute atomic E-state index is 0.0589. The number of carbonyl (C=O) groups is 3. The molecule has 6 rings (SSSR count). The van der Waals surface area contributed by atoms with Crippen LogP contribution in [0.1, 0.15) is 62.4 Å². The number of phenols is 2. The second-order valence-corrected chi connectivity index (χ2v) is 8.96. The maximum absolute atomic E-state index is 13.3. The number of hydrogen-bond acceptors (Lipinski definition) is 7. The highest BCUT2D eigenvalue weighted by atomic mass is 16.6. The van der Waals surface area contributed by atoms with E-state index in [1.165, 1.54) is 19.1 Å². The molecule has 0 unspecified atom stereocenters. The Morgan fingerprint density at radius 2 is 1.53 bits per heavy atom. The van der Waals surface area contributed by atoms with Crippen molar-refractivity contribution in [1.82, 2.24) is 0 Å². The Kier molecular flexibility index (Phi) is 4.37. The molecule has 2 N–H and O–H groups in total. The molecule has 34 heavy (non-hydrogen) atoms. The molecule has 1 fully saturated rings. The summed E-state index contributed by atoms with van der Waals surface area (Å²) in [6.45, 7) is 1.41. The number of hydrogen-bond donors (Lipinski definition) is 2. The predicted octanol–water partition coefficient (Wildman–Crippen LogP) is 2.63. The molecular formula is C26H19BO7. The molecule has 2 aliphatic carbocycles. The molecule has 1 aliphatic heterocycles. The monoisotopic (exact) mass is 454 g/mol. The van der Waals surface area contributed by atoms with Crippen molar-refractivity contribution in [2.45, 2.75) is 31.5 Å². The van der Waals surface area contributed by atoms with Gasteiger partial charge in [0.05, 0.1) is 17.2 Å². The second kappa shape index (κ2) is 7.12. The summed E-state index contributed by atoms with van der Waals surface area (Å²) in [7, 11) is -0.882. The molecule has 0 radical (unpaired) electrons. The molecule has 1 heterocycles. The molecule has 7 nitrogen and oxygen atoms in total. The summed E-state index contributed by atoms with van der Waals surface area (Å²) in [6.07, 6.45) is -0.775. The quantitative estimate of drug-likeness (QED) is 0.354. The Balaban J connectivity index is 1.57. The Labute approximate surface area is 195 Å². The smallest absolute Gasteiger partial charge is 0.495 e. The number of fused-ring (bicyclic) bond motifs is 6. The number of ketones is 3. The van der Waals surface area contributed by atoms with Crippen molar-refractivity contribution in [3.05, 3.63) is 88.0 Å². The molecular weight excluding hydrogens is 435 g/mol. The average Bonchev–Trinajstić information content (AvgIpc) is 2.84. The minimum Gasteiger partial charge on any atom is -0.507 e. The van der Waals surface area contributed by atoms with Gasteiger partial charge in [0.25, 0.3) is 0 Å².